The Balaban J connectivity index is 1.73. The van der Waals surface area contributed by atoms with Crippen LogP contribution in [0.5, 0.6) is 0 Å². The van der Waals surface area contributed by atoms with E-state index < -0.39 is 0 Å². The number of likely N-dealkylation sites (N-methyl/N-ethyl adjacent to an activating group) is 1. The zero-order valence-corrected chi connectivity index (χ0v) is 13.9. The third-order valence-corrected chi connectivity index (χ3v) is 4.71. The van der Waals surface area contributed by atoms with Crippen molar-refractivity contribution < 1.29 is 4.52 Å². The van der Waals surface area contributed by atoms with Crippen molar-refractivity contribution in [2.45, 2.75) is 32.9 Å². The van der Waals surface area contributed by atoms with E-state index in [1.54, 1.807) is 0 Å². The summed E-state index contributed by atoms with van der Waals surface area (Å²) in [6, 6.07) is 2.64. The van der Waals surface area contributed by atoms with Gasteiger partial charge in [-0.05, 0) is 20.4 Å². The molecule has 0 amide bonds. The van der Waals surface area contributed by atoms with Gasteiger partial charge in [-0.2, -0.15) is 5.10 Å². The van der Waals surface area contributed by atoms with Crippen LogP contribution in [0.2, 0.25) is 0 Å². The Labute approximate surface area is 131 Å². The first-order chi connectivity index (χ1) is 10.6. The molecule has 0 bridgehead atoms. The van der Waals surface area contributed by atoms with Crippen LogP contribution in [-0.2, 0) is 13.6 Å². The van der Waals surface area contributed by atoms with E-state index >= 15 is 0 Å². The maximum atomic E-state index is 5.56. The molecule has 3 rings (SSSR count). The number of hydrogen-bond donors (Lipinski definition) is 0. The molecular formula is C16H25N5O. The van der Waals surface area contributed by atoms with E-state index in [4.69, 9.17) is 4.52 Å². The minimum Gasteiger partial charge on any atom is -0.359 e. The summed E-state index contributed by atoms with van der Waals surface area (Å²) >= 11 is 0. The lowest BCUT2D eigenvalue weighted by molar-refractivity contribution is 0.0734. The molecule has 3 heterocycles. The van der Waals surface area contributed by atoms with Gasteiger partial charge in [0.2, 0.25) is 0 Å². The van der Waals surface area contributed by atoms with Crippen molar-refractivity contribution in [3.05, 3.63) is 23.7 Å². The average Bonchev–Trinajstić information content (AvgIpc) is 3.09. The largest absolute Gasteiger partial charge is 0.359 e. The Kier molecular flexibility index (Phi) is 4.31. The van der Waals surface area contributed by atoms with Crippen molar-refractivity contribution in [2.75, 3.05) is 26.7 Å². The van der Waals surface area contributed by atoms with Gasteiger partial charge in [-0.25, -0.2) is 0 Å². The SMILES string of the molecule is CC[C@@H]1CN(C)CCN1Cc1cc(-c2cnn(C)c2C)no1. The predicted molar refractivity (Wildman–Crippen MR) is 85.4 cm³/mol. The van der Waals surface area contributed by atoms with Crippen molar-refractivity contribution in [1.29, 1.82) is 0 Å². The summed E-state index contributed by atoms with van der Waals surface area (Å²) in [4.78, 5) is 4.90. The van der Waals surface area contributed by atoms with Gasteiger partial charge in [-0.3, -0.25) is 9.58 Å². The zero-order valence-electron chi connectivity index (χ0n) is 13.9. The lowest BCUT2D eigenvalue weighted by Gasteiger charge is -2.39. The Bertz CT molecular complexity index is 632. The summed E-state index contributed by atoms with van der Waals surface area (Å²) in [5, 5.41) is 8.50. The second-order valence-electron chi connectivity index (χ2n) is 6.24. The fourth-order valence-corrected chi connectivity index (χ4v) is 3.11. The zero-order chi connectivity index (χ0) is 15.7. The number of aromatic nitrogens is 3. The van der Waals surface area contributed by atoms with E-state index in [1.807, 2.05) is 24.9 Å². The Morgan fingerprint density at radius 2 is 2.14 bits per heavy atom. The quantitative estimate of drug-likeness (QED) is 0.863. The van der Waals surface area contributed by atoms with Crippen LogP contribution in [0.1, 0.15) is 24.8 Å². The van der Waals surface area contributed by atoms with Gasteiger partial charge < -0.3 is 9.42 Å². The van der Waals surface area contributed by atoms with Gasteiger partial charge in [0.05, 0.1) is 12.7 Å². The first-order valence-corrected chi connectivity index (χ1v) is 7.95. The van der Waals surface area contributed by atoms with Crippen LogP contribution >= 0.6 is 0 Å². The summed E-state index contributed by atoms with van der Waals surface area (Å²) < 4.78 is 7.42. The third-order valence-electron chi connectivity index (χ3n) is 4.71. The maximum Gasteiger partial charge on any atom is 0.151 e. The molecule has 0 N–H and O–H groups in total. The monoisotopic (exact) mass is 303 g/mol. The van der Waals surface area contributed by atoms with E-state index in [9.17, 15) is 0 Å². The first kappa shape index (κ1) is 15.2. The molecule has 0 radical (unpaired) electrons. The van der Waals surface area contributed by atoms with Gasteiger partial charge in [0, 0.05) is 50.0 Å². The minimum absolute atomic E-state index is 0.590. The smallest absolute Gasteiger partial charge is 0.151 e. The molecule has 2 aromatic rings. The van der Waals surface area contributed by atoms with Crippen LogP contribution in [0, 0.1) is 6.92 Å². The molecule has 0 saturated carbocycles. The van der Waals surface area contributed by atoms with Crippen molar-refractivity contribution >= 4 is 0 Å². The molecule has 22 heavy (non-hydrogen) atoms. The fourth-order valence-electron chi connectivity index (χ4n) is 3.11. The average molecular weight is 303 g/mol. The first-order valence-electron chi connectivity index (χ1n) is 7.95. The van der Waals surface area contributed by atoms with E-state index in [-0.39, 0.29) is 0 Å². The minimum atomic E-state index is 0.590. The van der Waals surface area contributed by atoms with Crippen LogP contribution < -0.4 is 0 Å². The highest BCUT2D eigenvalue weighted by atomic mass is 16.5. The normalized spacial score (nSPS) is 20.6. The molecule has 120 valence electrons. The molecule has 1 aliphatic rings. The molecule has 1 saturated heterocycles. The molecule has 0 aromatic carbocycles. The Morgan fingerprint density at radius 1 is 1.32 bits per heavy atom. The van der Waals surface area contributed by atoms with Crippen molar-refractivity contribution in [1.82, 2.24) is 24.7 Å². The van der Waals surface area contributed by atoms with Crippen LogP contribution in [0.25, 0.3) is 11.3 Å². The molecule has 0 unspecified atom stereocenters. The standard InChI is InChI=1S/C16H25N5O/c1-5-13-10-19(3)6-7-21(13)11-14-8-16(18-22-14)15-9-17-20(4)12(15)2/h8-9,13H,5-7,10-11H2,1-4H3/t13-/m1/s1. The number of aryl methyl sites for hydroxylation is 1. The fraction of sp³-hybridized carbons (Fsp3) is 0.625. The van der Waals surface area contributed by atoms with E-state index in [0.29, 0.717) is 6.04 Å². The van der Waals surface area contributed by atoms with Crippen molar-refractivity contribution in [2.24, 2.45) is 7.05 Å². The highest BCUT2D eigenvalue weighted by molar-refractivity contribution is 5.60. The van der Waals surface area contributed by atoms with Crippen molar-refractivity contribution in [3.63, 3.8) is 0 Å². The molecule has 1 atom stereocenters. The van der Waals surface area contributed by atoms with E-state index in [2.05, 4.69) is 40.1 Å². The van der Waals surface area contributed by atoms with Gasteiger partial charge in [0.25, 0.3) is 0 Å². The summed E-state index contributed by atoms with van der Waals surface area (Å²) in [7, 11) is 4.13. The van der Waals surface area contributed by atoms with Gasteiger partial charge >= 0.3 is 0 Å². The highest BCUT2D eigenvalue weighted by Crippen LogP contribution is 2.24. The molecule has 1 fully saturated rings. The maximum absolute atomic E-state index is 5.56. The van der Waals surface area contributed by atoms with Gasteiger partial charge in [0.1, 0.15) is 5.69 Å². The van der Waals surface area contributed by atoms with E-state index in [1.165, 1.54) is 0 Å². The van der Waals surface area contributed by atoms with Crippen LogP contribution in [0.3, 0.4) is 0 Å². The van der Waals surface area contributed by atoms with Crippen LogP contribution in [0.4, 0.5) is 0 Å². The number of hydrogen-bond acceptors (Lipinski definition) is 5. The predicted octanol–water partition coefficient (Wildman–Crippen LogP) is 1.91. The van der Waals surface area contributed by atoms with Gasteiger partial charge in [0.15, 0.2) is 5.76 Å². The molecule has 6 heteroatoms. The van der Waals surface area contributed by atoms with Crippen LogP contribution in [-0.4, -0.2) is 57.5 Å². The summed E-state index contributed by atoms with van der Waals surface area (Å²) in [6.07, 6.45) is 3.01. The van der Waals surface area contributed by atoms with Crippen LogP contribution in [0.15, 0.2) is 16.8 Å². The van der Waals surface area contributed by atoms with Gasteiger partial charge in [-0.15, -0.1) is 0 Å². The van der Waals surface area contributed by atoms with Crippen molar-refractivity contribution in [3.8, 4) is 11.3 Å². The molecule has 0 aliphatic carbocycles. The Morgan fingerprint density at radius 3 is 2.82 bits per heavy atom. The molecule has 0 spiro atoms. The van der Waals surface area contributed by atoms with Gasteiger partial charge in [-0.1, -0.05) is 12.1 Å². The molecule has 6 nitrogen and oxygen atoms in total. The second kappa shape index (κ2) is 6.22. The lowest BCUT2D eigenvalue weighted by atomic mass is 10.1. The Hall–Kier alpha value is -1.66. The van der Waals surface area contributed by atoms with E-state index in [0.717, 1.165) is 55.3 Å². The summed E-state index contributed by atoms with van der Waals surface area (Å²) in [5.41, 5.74) is 3.02. The third kappa shape index (κ3) is 2.94. The number of nitrogens with zero attached hydrogens (tertiary/aromatic N) is 5. The molecule has 2 aromatic heterocycles. The lowest BCUT2D eigenvalue weighted by Crippen LogP contribution is -2.50. The number of rotatable bonds is 4. The molecule has 1 aliphatic heterocycles. The summed E-state index contributed by atoms with van der Waals surface area (Å²) in [6.45, 7) is 8.44. The topological polar surface area (TPSA) is 50.3 Å². The molecular weight excluding hydrogens is 278 g/mol. The highest BCUT2D eigenvalue weighted by Gasteiger charge is 2.25. The number of piperazine rings is 1. The second-order valence-corrected chi connectivity index (χ2v) is 6.24. The summed E-state index contributed by atoms with van der Waals surface area (Å²) in [5.74, 6) is 0.932.